The molecule has 43 heavy (non-hydrogen) atoms. The molecule has 0 fully saturated rings. The molecule has 0 aliphatic carbocycles. The number of ether oxygens (including phenoxy) is 3. The number of sulfonamides is 1. The van der Waals surface area contributed by atoms with E-state index in [1.54, 1.807) is 66.4 Å². The summed E-state index contributed by atoms with van der Waals surface area (Å²) in [6.45, 7) is 3.59. The van der Waals surface area contributed by atoms with Crippen LogP contribution in [0.2, 0.25) is 0 Å². The Bertz CT molecular complexity index is 1600. The summed E-state index contributed by atoms with van der Waals surface area (Å²) in [5.41, 5.74) is 0.847. The molecule has 3 N–H and O–H groups in total. The van der Waals surface area contributed by atoms with E-state index in [-0.39, 0.29) is 60.2 Å². The molecule has 2 heterocycles. The molecule has 0 spiro atoms. The molecule has 13 heteroatoms. The maximum absolute atomic E-state index is 13.7. The first-order valence-corrected chi connectivity index (χ1v) is 15.2. The van der Waals surface area contributed by atoms with Crippen LogP contribution < -0.4 is 24.8 Å². The number of fused-ring (bicyclic) bond motifs is 2. The molecule has 12 nitrogen and oxygen atoms in total. The van der Waals surface area contributed by atoms with E-state index in [4.69, 9.17) is 14.2 Å². The van der Waals surface area contributed by atoms with Crippen molar-refractivity contribution < 1.29 is 37.3 Å². The lowest BCUT2D eigenvalue weighted by Crippen LogP contribution is -2.50. The molecule has 3 amide bonds. The van der Waals surface area contributed by atoms with Crippen molar-refractivity contribution in [1.29, 1.82) is 0 Å². The average molecular weight is 611 g/mol. The van der Waals surface area contributed by atoms with E-state index >= 15 is 0 Å². The van der Waals surface area contributed by atoms with Crippen LogP contribution in [0.15, 0.2) is 71.6 Å². The van der Waals surface area contributed by atoms with Crippen LogP contribution in [0.25, 0.3) is 0 Å². The van der Waals surface area contributed by atoms with E-state index in [1.807, 2.05) is 6.92 Å². The molecule has 3 atom stereocenters. The molecule has 228 valence electrons. The SMILES string of the molecule is C[C@@H]1CN([C@H](C)CO)C(=O)c2cccc(NC(=O)Nc3ccc4c(c3)OCO4)c2O[C@H]1CN(C)S(=O)(=O)c1ccccc1. The van der Waals surface area contributed by atoms with Gasteiger partial charge in [-0.2, -0.15) is 4.31 Å². The summed E-state index contributed by atoms with van der Waals surface area (Å²) < 4.78 is 45.0. The minimum absolute atomic E-state index is 0.0366. The number of aliphatic hydroxyl groups excluding tert-OH is 1. The highest BCUT2D eigenvalue weighted by molar-refractivity contribution is 7.89. The number of likely N-dealkylation sites (N-methyl/N-ethyl adjacent to an activating group) is 1. The van der Waals surface area contributed by atoms with Gasteiger partial charge in [0.15, 0.2) is 17.2 Å². The lowest BCUT2D eigenvalue weighted by Gasteiger charge is -2.38. The van der Waals surface area contributed by atoms with Crippen LogP contribution in [-0.4, -0.2) is 80.4 Å². The van der Waals surface area contributed by atoms with Crippen LogP contribution in [0.1, 0.15) is 24.2 Å². The zero-order valence-electron chi connectivity index (χ0n) is 24.0. The monoisotopic (exact) mass is 610 g/mol. The van der Waals surface area contributed by atoms with Crippen molar-refractivity contribution in [2.24, 2.45) is 5.92 Å². The summed E-state index contributed by atoms with van der Waals surface area (Å²) in [5, 5.41) is 15.4. The molecule has 0 radical (unpaired) electrons. The molecule has 0 saturated carbocycles. The quantitative estimate of drug-likeness (QED) is 0.351. The Morgan fingerprint density at radius 3 is 2.56 bits per heavy atom. The van der Waals surface area contributed by atoms with E-state index in [0.717, 1.165) is 0 Å². The van der Waals surface area contributed by atoms with Gasteiger partial charge in [-0.15, -0.1) is 0 Å². The number of urea groups is 1. The van der Waals surface area contributed by atoms with Gasteiger partial charge in [0.2, 0.25) is 16.8 Å². The van der Waals surface area contributed by atoms with Gasteiger partial charge in [0, 0.05) is 31.3 Å². The molecular weight excluding hydrogens is 576 g/mol. The summed E-state index contributed by atoms with van der Waals surface area (Å²) >= 11 is 0. The number of para-hydroxylation sites is 1. The number of benzene rings is 3. The number of carbonyl (C=O) groups excluding carboxylic acids is 2. The van der Waals surface area contributed by atoms with E-state index < -0.39 is 28.2 Å². The second-order valence-corrected chi connectivity index (χ2v) is 12.6. The van der Waals surface area contributed by atoms with Crippen LogP contribution in [0.3, 0.4) is 0 Å². The van der Waals surface area contributed by atoms with Crippen molar-refractivity contribution in [3.05, 3.63) is 72.3 Å². The van der Waals surface area contributed by atoms with E-state index in [2.05, 4.69) is 10.6 Å². The normalized spacial score (nSPS) is 18.7. The fourth-order valence-corrected chi connectivity index (χ4v) is 6.15. The molecule has 3 aromatic rings. The van der Waals surface area contributed by atoms with Gasteiger partial charge in [-0.3, -0.25) is 4.79 Å². The first kappa shape index (κ1) is 30.1. The highest BCUT2D eigenvalue weighted by Crippen LogP contribution is 2.36. The molecule has 0 saturated heterocycles. The van der Waals surface area contributed by atoms with Crippen LogP contribution >= 0.6 is 0 Å². The van der Waals surface area contributed by atoms with E-state index in [0.29, 0.717) is 17.2 Å². The number of carbonyl (C=O) groups is 2. The Balaban J connectivity index is 1.45. The number of hydrogen-bond donors (Lipinski definition) is 3. The Kier molecular flexibility index (Phi) is 8.76. The van der Waals surface area contributed by atoms with Crippen molar-refractivity contribution in [2.75, 3.05) is 44.2 Å². The Morgan fingerprint density at radius 1 is 1.07 bits per heavy atom. The van der Waals surface area contributed by atoms with Gasteiger partial charge in [0.1, 0.15) is 6.10 Å². The molecule has 5 rings (SSSR count). The molecule has 2 aliphatic rings. The predicted molar refractivity (Wildman–Crippen MR) is 159 cm³/mol. The third-order valence-electron chi connectivity index (χ3n) is 7.46. The van der Waals surface area contributed by atoms with Crippen molar-refractivity contribution in [3.8, 4) is 17.2 Å². The van der Waals surface area contributed by atoms with Crippen LogP contribution in [-0.2, 0) is 10.0 Å². The first-order valence-electron chi connectivity index (χ1n) is 13.8. The molecule has 0 aromatic heterocycles. The Morgan fingerprint density at radius 2 is 1.81 bits per heavy atom. The molecule has 3 aromatic carbocycles. The van der Waals surface area contributed by atoms with E-state index in [1.165, 1.54) is 23.5 Å². The minimum atomic E-state index is -3.84. The van der Waals surface area contributed by atoms with Gasteiger partial charge in [-0.1, -0.05) is 31.2 Å². The summed E-state index contributed by atoms with van der Waals surface area (Å²) in [7, 11) is -2.37. The van der Waals surface area contributed by atoms with Crippen LogP contribution in [0.4, 0.5) is 16.2 Å². The number of nitrogens with zero attached hydrogens (tertiary/aromatic N) is 2. The summed E-state index contributed by atoms with van der Waals surface area (Å²) in [4.78, 5) is 28.5. The van der Waals surface area contributed by atoms with Gasteiger partial charge in [0.05, 0.1) is 35.3 Å². The average Bonchev–Trinajstić information content (AvgIpc) is 3.47. The Hall–Kier alpha value is -4.33. The van der Waals surface area contributed by atoms with Gasteiger partial charge >= 0.3 is 6.03 Å². The maximum atomic E-state index is 13.7. The summed E-state index contributed by atoms with van der Waals surface area (Å²) in [6.07, 6.45) is -0.719. The molecule has 2 aliphatic heterocycles. The number of anilines is 2. The molecular formula is C30H34N4O8S. The lowest BCUT2D eigenvalue weighted by atomic mass is 9.99. The largest absolute Gasteiger partial charge is 0.486 e. The second-order valence-electron chi connectivity index (χ2n) is 10.6. The fourth-order valence-electron chi connectivity index (χ4n) is 4.94. The summed E-state index contributed by atoms with van der Waals surface area (Å²) in [6, 6.07) is 16.7. The van der Waals surface area contributed by atoms with Crippen molar-refractivity contribution in [3.63, 3.8) is 0 Å². The number of hydrogen-bond acceptors (Lipinski definition) is 8. The van der Waals surface area contributed by atoms with Gasteiger partial charge in [-0.25, -0.2) is 13.2 Å². The Labute approximate surface area is 250 Å². The van der Waals surface area contributed by atoms with Gasteiger partial charge in [-0.05, 0) is 43.3 Å². The van der Waals surface area contributed by atoms with Crippen LogP contribution in [0.5, 0.6) is 17.2 Å². The fraction of sp³-hybridized carbons (Fsp3) is 0.333. The van der Waals surface area contributed by atoms with Crippen molar-refractivity contribution in [2.45, 2.75) is 30.9 Å². The standard InChI is InChI=1S/C30H34N4O8S/c1-19-15-34(20(2)17-35)29(36)23-10-7-11-24(32-30(37)31-21-12-13-25-26(14-21)41-18-40-25)28(23)42-27(19)16-33(3)43(38,39)22-8-5-4-6-9-22/h4-14,19-20,27,35H,15-18H2,1-3H3,(H2,31,32,37)/t19-,20-,27+/m1/s1. The number of nitrogens with one attached hydrogen (secondary N) is 2. The smallest absolute Gasteiger partial charge is 0.323 e. The summed E-state index contributed by atoms with van der Waals surface area (Å²) in [5.74, 6) is 0.442. The topological polar surface area (TPSA) is 147 Å². The predicted octanol–water partition coefficient (Wildman–Crippen LogP) is 3.60. The number of aliphatic hydroxyl groups is 1. The number of amides is 3. The second kappa shape index (κ2) is 12.5. The van der Waals surface area contributed by atoms with Crippen molar-refractivity contribution in [1.82, 2.24) is 9.21 Å². The molecule has 0 bridgehead atoms. The first-order chi connectivity index (χ1) is 20.6. The third kappa shape index (κ3) is 6.38. The molecule has 0 unspecified atom stereocenters. The third-order valence-corrected chi connectivity index (χ3v) is 9.30. The maximum Gasteiger partial charge on any atom is 0.323 e. The van der Waals surface area contributed by atoms with Crippen LogP contribution in [0, 0.1) is 5.92 Å². The van der Waals surface area contributed by atoms with E-state index in [9.17, 15) is 23.1 Å². The van der Waals surface area contributed by atoms with Gasteiger partial charge < -0.3 is 34.9 Å². The highest BCUT2D eigenvalue weighted by Gasteiger charge is 2.36. The van der Waals surface area contributed by atoms with Crippen molar-refractivity contribution >= 4 is 33.3 Å². The van der Waals surface area contributed by atoms with Gasteiger partial charge in [0.25, 0.3) is 5.91 Å². The zero-order chi connectivity index (χ0) is 30.7. The lowest BCUT2D eigenvalue weighted by molar-refractivity contribution is 0.0389. The minimum Gasteiger partial charge on any atom is -0.486 e. The number of rotatable bonds is 8. The highest BCUT2D eigenvalue weighted by atomic mass is 32.2. The zero-order valence-corrected chi connectivity index (χ0v) is 24.8.